The number of benzene rings is 1. The fourth-order valence-corrected chi connectivity index (χ4v) is 1.35. The van der Waals surface area contributed by atoms with E-state index < -0.39 is 22.0 Å². The van der Waals surface area contributed by atoms with Crippen LogP contribution in [0.3, 0.4) is 0 Å². The first-order valence-corrected chi connectivity index (χ1v) is 6.27. The molecule has 9 heteroatoms. The first-order chi connectivity index (χ1) is 8.54. The lowest BCUT2D eigenvalue weighted by Gasteiger charge is -2.09. The van der Waals surface area contributed by atoms with Gasteiger partial charge in [-0.1, -0.05) is 23.2 Å². The van der Waals surface area contributed by atoms with Crippen LogP contribution in [0.2, 0.25) is 0 Å². The van der Waals surface area contributed by atoms with Gasteiger partial charge in [0.1, 0.15) is 5.69 Å². The van der Waals surface area contributed by atoms with Crippen LogP contribution in [0.25, 0.3) is 0 Å². The van der Waals surface area contributed by atoms with E-state index in [1.54, 1.807) is 0 Å². The van der Waals surface area contributed by atoms with Crippen LogP contribution in [0.4, 0.5) is 18.9 Å². The molecule has 0 aliphatic carbocycles. The largest absolute Gasteiger partial charge is 0.416 e. The van der Waals surface area contributed by atoms with Gasteiger partial charge < -0.3 is 0 Å². The van der Waals surface area contributed by atoms with E-state index >= 15 is 0 Å². The molecular formula is C10H6BrCl2F3N2O. The molecule has 0 saturated heterocycles. The second kappa shape index (κ2) is 5.76. The number of carbonyl (C=O) groups excluding carboxylic acids is 1. The van der Waals surface area contributed by atoms with Crippen molar-refractivity contribution in [3.63, 3.8) is 0 Å². The molecule has 0 atom stereocenters. The smallest absolute Gasteiger partial charge is 0.294 e. The third kappa shape index (κ3) is 4.43. The number of halogens is 6. The van der Waals surface area contributed by atoms with Crippen molar-refractivity contribution in [3.05, 3.63) is 28.2 Å². The summed E-state index contributed by atoms with van der Waals surface area (Å²) in [4.78, 5) is 11.0. The Bertz CT molecular complexity index is 532. The number of rotatable bonds is 3. The maximum Gasteiger partial charge on any atom is 0.416 e. The van der Waals surface area contributed by atoms with Crippen LogP contribution in [0, 0.1) is 0 Å². The highest BCUT2D eigenvalue weighted by Gasteiger charge is 2.32. The van der Waals surface area contributed by atoms with Gasteiger partial charge in [-0.3, -0.25) is 4.79 Å². The molecule has 0 unspecified atom stereocenters. The molecule has 0 N–H and O–H groups in total. The van der Waals surface area contributed by atoms with Gasteiger partial charge in [-0.25, -0.2) is 0 Å². The van der Waals surface area contributed by atoms with E-state index in [2.05, 4.69) is 26.2 Å². The minimum absolute atomic E-state index is 0.137. The summed E-state index contributed by atoms with van der Waals surface area (Å²) < 4.78 is 35.7. The summed E-state index contributed by atoms with van der Waals surface area (Å²) in [5.41, 5.74) is -1.04. The maximum absolute atomic E-state index is 12.5. The number of Topliss-reactive ketones (excluding diaryl/α,β-unsaturated/α-hetero) is 1. The molecule has 1 rings (SSSR count). The molecule has 0 radical (unpaired) electrons. The van der Waals surface area contributed by atoms with Crippen molar-refractivity contribution >= 4 is 50.6 Å². The number of alkyl halides is 5. The standard InChI is InChI=1S/C10H6BrCl2F3N2O/c1-5(19)9(12,13)18-17-8-4-6(10(14,15)16)2-3-7(8)11/h2-4H,1H3. The van der Waals surface area contributed by atoms with Gasteiger partial charge in [-0.15, -0.1) is 5.11 Å². The summed E-state index contributed by atoms with van der Waals surface area (Å²) in [6.45, 7) is 1.08. The van der Waals surface area contributed by atoms with Gasteiger partial charge in [-0.2, -0.15) is 18.3 Å². The normalized spacial score (nSPS) is 13.0. The fraction of sp³-hybridized carbons (Fsp3) is 0.300. The molecule has 104 valence electrons. The molecule has 0 amide bonds. The number of hydrogen-bond acceptors (Lipinski definition) is 3. The van der Waals surface area contributed by atoms with E-state index in [1.165, 1.54) is 0 Å². The van der Waals surface area contributed by atoms with Crippen molar-refractivity contribution in [3.8, 4) is 0 Å². The van der Waals surface area contributed by atoms with Crippen molar-refractivity contribution in [2.45, 2.75) is 17.6 Å². The van der Waals surface area contributed by atoms with Crippen molar-refractivity contribution < 1.29 is 18.0 Å². The number of ketones is 1. The third-order valence-electron chi connectivity index (χ3n) is 1.98. The molecule has 0 aliphatic heterocycles. The summed E-state index contributed by atoms with van der Waals surface area (Å²) >= 11 is 14.1. The summed E-state index contributed by atoms with van der Waals surface area (Å²) in [6.07, 6.45) is -4.51. The first-order valence-electron chi connectivity index (χ1n) is 4.72. The van der Waals surface area contributed by atoms with Crippen LogP contribution < -0.4 is 0 Å². The zero-order valence-corrected chi connectivity index (χ0v) is 12.4. The topological polar surface area (TPSA) is 41.8 Å². The van der Waals surface area contributed by atoms with Gasteiger partial charge in [0.15, 0.2) is 5.78 Å². The minimum atomic E-state index is -4.51. The van der Waals surface area contributed by atoms with E-state index in [-0.39, 0.29) is 10.2 Å². The lowest BCUT2D eigenvalue weighted by atomic mass is 10.2. The Labute approximate surface area is 124 Å². The number of carbonyl (C=O) groups is 1. The maximum atomic E-state index is 12.5. The van der Waals surface area contributed by atoms with Crippen LogP contribution in [-0.2, 0) is 11.0 Å². The summed E-state index contributed by atoms with van der Waals surface area (Å²) in [7, 11) is 0. The Kier molecular flexibility index (Phi) is 4.97. The van der Waals surface area contributed by atoms with Crippen molar-refractivity contribution in [2.24, 2.45) is 10.2 Å². The van der Waals surface area contributed by atoms with Crippen LogP contribution in [-0.4, -0.2) is 10.2 Å². The van der Waals surface area contributed by atoms with Crippen LogP contribution in [0.5, 0.6) is 0 Å². The molecule has 1 aromatic rings. The van der Waals surface area contributed by atoms with Crippen molar-refractivity contribution in [1.29, 1.82) is 0 Å². The lowest BCUT2D eigenvalue weighted by molar-refractivity contribution is -0.137. The molecule has 19 heavy (non-hydrogen) atoms. The highest BCUT2D eigenvalue weighted by Crippen LogP contribution is 2.36. The Balaban J connectivity index is 3.15. The number of nitrogens with zero attached hydrogens (tertiary/aromatic N) is 2. The zero-order chi connectivity index (χ0) is 14.8. The van der Waals surface area contributed by atoms with E-state index in [9.17, 15) is 18.0 Å². The fourth-order valence-electron chi connectivity index (χ4n) is 0.953. The highest BCUT2D eigenvalue weighted by atomic mass is 79.9. The second-order valence-corrected chi connectivity index (χ2v) is 5.60. The quantitative estimate of drug-likeness (QED) is 0.401. The van der Waals surface area contributed by atoms with Crippen LogP contribution in [0.15, 0.2) is 32.9 Å². The average molecular weight is 378 g/mol. The van der Waals surface area contributed by atoms with Gasteiger partial charge in [-0.05, 0) is 41.1 Å². The molecule has 3 nitrogen and oxygen atoms in total. The molecule has 0 bridgehead atoms. The molecule has 0 heterocycles. The van der Waals surface area contributed by atoms with E-state index in [1.807, 2.05) is 0 Å². The number of azo groups is 1. The zero-order valence-electron chi connectivity index (χ0n) is 9.30. The molecule has 0 spiro atoms. The number of hydrogen-bond donors (Lipinski definition) is 0. The van der Waals surface area contributed by atoms with Gasteiger partial charge in [0.05, 0.1) is 5.56 Å². The van der Waals surface area contributed by atoms with E-state index in [0.717, 1.165) is 25.1 Å². The molecule has 0 saturated carbocycles. The van der Waals surface area contributed by atoms with Crippen molar-refractivity contribution in [1.82, 2.24) is 0 Å². The summed E-state index contributed by atoms with van der Waals surface area (Å²) in [5, 5.41) is 6.79. The molecular weight excluding hydrogens is 372 g/mol. The van der Waals surface area contributed by atoms with Crippen LogP contribution >= 0.6 is 39.1 Å². The van der Waals surface area contributed by atoms with E-state index in [0.29, 0.717) is 0 Å². The highest BCUT2D eigenvalue weighted by molar-refractivity contribution is 9.10. The molecule has 0 aromatic heterocycles. The predicted octanol–water partition coefficient (Wildman–Crippen LogP) is 5.27. The third-order valence-corrected chi connectivity index (χ3v) is 3.33. The van der Waals surface area contributed by atoms with Gasteiger partial charge in [0.25, 0.3) is 4.46 Å². The Hall–Kier alpha value is -0.660. The first kappa shape index (κ1) is 16.4. The molecule has 0 aliphatic rings. The van der Waals surface area contributed by atoms with Gasteiger partial charge in [0, 0.05) is 4.47 Å². The molecule has 0 fully saturated rings. The van der Waals surface area contributed by atoms with Crippen LogP contribution in [0.1, 0.15) is 12.5 Å². The summed E-state index contributed by atoms with van der Waals surface area (Å²) in [6, 6.07) is 2.80. The van der Waals surface area contributed by atoms with Crippen molar-refractivity contribution in [2.75, 3.05) is 0 Å². The average Bonchev–Trinajstić information content (AvgIpc) is 2.26. The Morgan fingerprint density at radius 2 is 1.89 bits per heavy atom. The monoisotopic (exact) mass is 376 g/mol. The lowest BCUT2D eigenvalue weighted by Crippen LogP contribution is -2.19. The van der Waals surface area contributed by atoms with Gasteiger partial charge >= 0.3 is 6.18 Å². The molecule has 1 aromatic carbocycles. The predicted molar refractivity (Wildman–Crippen MR) is 68.8 cm³/mol. The SMILES string of the molecule is CC(=O)C(Cl)(Cl)N=Nc1cc(C(F)(F)F)ccc1Br. The van der Waals surface area contributed by atoms with Gasteiger partial charge in [0.2, 0.25) is 0 Å². The Morgan fingerprint density at radius 3 is 2.37 bits per heavy atom. The summed E-state index contributed by atoms with van der Waals surface area (Å²) in [5.74, 6) is -0.692. The van der Waals surface area contributed by atoms with E-state index in [4.69, 9.17) is 23.2 Å². The Morgan fingerprint density at radius 1 is 1.32 bits per heavy atom. The second-order valence-electron chi connectivity index (χ2n) is 3.46. The minimum Gasteiger partial charge on any atom is -0.294 e.